The topological polar surface area (TPSA) is 12.2 Å². The monoisotopic (exact) mass is 315 g/mol. The van der Waals surface area contributed by atoms with Crippen molar-refractivity contribution in [3.05, 3.63) is 91.0 Å². The van der Waals surface area contributed by atoms with Crippen LogP contribution in [0.3, 0.4) is 0 Å². The third kappa shape index (κ3) is 3.11. The van der Waals surface area contributed by atoms with Gasteiger partial charge in [-0.15, -0.1) is 0 Å². The molecule has 0 aliphatic rings. The highest BCUT2D eigenvalue weighted by Crippen LogP contribution is 2.08. The Balaban J connectivity index is 2.30. The largest absolute Gasteiger partial charge is 0.661 e. The lowest BCUT2D eigenvalue weighted by Crippen LogP contribution is -2.69. The summed E-state index contributed by atoms with van der Waals surface area (Å²) >= 11 is 0. The van der Waals surface area contributed by atoms with Crippen molar-refractivity contribution in [2.45, 2.75) is 0 Å². The molecule has 0 heterocycles. The van der Waals surface area contributed by atoms with Gasteiger partial charge < -0.3 is 4.65 Å². The molecular weight excluding hydrogens is 293 g/mol. The van der Waals surface area contributed by atoms with Gasteiger partial charge in [0.25, 0.3) is 12.7 Å². The van der Waals surface area contributed by atoms with Crippen LogP contribution in [0.2, 0.25) is 0 Å². The van der Waals surface area contributed by atoms with Crippen LogP contribution in [0.25, 0.3) is 0 Å². The molecule has 0 aliphatic heterocycles. The van der Waals surface area contributed by atoms with Gasteiger partial charge >= 0.3 is 0 Å². The predicted molar refractivity (Wildman–Crippen MR) is 103 cm³/mol. The average molecular weight is 315 g/mol. The van der Waals surface area contributed by atoms with Crippen LogP contribution >= 0.6 is 0 Å². The van der Waals surface area contributed by atoms with Gasteiger partial charge in [0, 0.05) is 0 Å². The molecule has 120 valence electrons. The lowest BCUT2D eigenvalue weighted by atomic mass is 9.28. The Morgan fingerprint density at radius 2 is 0.958 bits per heavy atom. The number of hydrogen-bond acceptors (Lipinski definition) is 1. The van der Waals surface area contributed by atoms with E-state index in [1.165, 1.54) is 0 Å². The van der Waals surface area contributed by atoms with E-state index in [-0.39, 0.29) is 0 Å². The van der Waals surface area contributed by atoms with Gasteiger partial charge in [-0.25, -0.2) is 4.58 Å². The van der Waals surface area contributed by atoms with Crippen LogP contribution in [0.1, 0.15) is 0 Å². The molecule has 3 aromatic carbocycles. The normalized spacial score (nSPS) is 10.9. The van der Waals surface area contributed by atoms with E-state index in [4.69, 9.17) is 4.65 Å². The van der Waals surface area contributed by atoms with Crippen LogP contribution in [0.15, 0.2) is 91.0 Å². The summed E-state index contributed by atoms with van der Waals surface area (Å²) in [5.74, 6) is 0. The Morgan fingerprint density at radius 1 is 0.625 bits per heavy atom. The molecule has 0 aliphatic carbocycles. The van der Waals surface area contributed by atoms with Crippen LogP contribution in [-0.4, -0.2) is 31.4 Å². The zero-order chi connectivity index (χ0) is 16.8. The minimum Gasteiger partial charge on any atom is -0.661 e. The molecule has 3 heteroatoms. The van der Waals surface area contributed by atoms with Gasteiger partial charge in [0.1, 0.15) is 14.1 Å². The second-order valence-electron chi connectivity index (χ2n) is 6.22. The molecule has 0 fully saturated rings. The maximum Gasteiger partial charge on any atom is 0.275 e. The Morgan fingerprint density at radius 3 is 1.25 bits per heavy atom. The zero-order valence-corrected chi connectivity index (χ0v) is 14.2. The molecule has 3 rings (SSSR count). The fourth-order valence-corrected chi connectivity index (χ4v) is 3.20. The van der Waals surface area contributed by atoms with Crippen LogP contribution < -0.4 is 16.4 Å². The van der Waals surface area contributed by atoms with Crippen LogP contribution in [-0.2, 0) is 4.65 Å². The molecule has 0 unspecified atom stereocenters. The van der Waals surface area contributed by atoms with E-state index >= 15 is 0 Å². The summed E-state index contributed by atoms with van der Waals surface area (Å²) in [5.41, 5.74) is 3.48. The maximum atomic E-state index is 6.51. The van der Waals surface area contributed by atoms with Gasteiger partial charge in [0.05, 0.1) is 0 Å². The molecule has 3 aromatic rings. The Kier molecular flexibility index (Phi) is 4.81. The molecule has 0 amide bonds. The minimum absolute atomic E-state index is 1.16. The van der Waals surface area contributed by atoms with Crippen molar-refractivity contribution < 1.29 is 9.23 Å². The number of benzene rings is 3. The summed E-state index contributed by atoms with van der Waals surface area (Å²) in [5, 5.41) is 0. The molecular formula is C21H22BNO. The quantitative estimate of drug-likeness (QED) is 0.303. The van der Waals surface area contributed by atoms with Crippen molar-refractivity contribution in [2.24, 2.45) is 0 Å². The third-order valence-corrected chi connectivity index (χ3v) is 4.28. The summed E-state index contributed by atoms with van der Waals surface area (Å²) in [6, 6.07) is 31.4. The van der Waals surface area contributed by atoms with Gasteiger partial charge in [-0.05, 0) is 0 Å². The number of hydrogen-bond donors (Lipinski definition) is 0. The molecule has 0 atom stereocenters. The highest BCUT2D eigenvalue weighted by atomic mass is 16.4. The second-order valence-corrected chi connectivity index (χ2v) is 6.22. The fourth-order valence-electron chi connectivity index (χ4n) is 3.20. The van der Waals surface area contributed by atoms with Crippen molar-refractivity contribution >= 4 is 29.1 Å². The van der Waals surface area contributed by atoms with Gasteiger partial charge in [0.15, 0.2) is 0 Å². The first-order chi connectivity index (χ1) is 11.7. The third-order valence-electron chi connectivity index (χ3n) is 4.28. The highest BCUT2D eigenvalue weighted by Gasteiger charge is 2.32. The van der Waals surface area contributed by atoms with Crippen LogP contribution in [0, 0.1) is 0 Å². The molecule has 0 saturated heterocycles. The number of rotatable bonds is 5. The van der Waals surface area contributed by atoms with Gasteiger partial charge in [-0.1, -0.05) is 91.0 Å². The molecule has 24 heavy (non-hydrogen) atoms. The minimum atomic E-state index is -1.54. The Labute approximate surface area is 144 Å². The van der Waals surface area contributed by atoms with Crippen molar-refractivity contribution in [1.82, 2.24) is 0 Å². The Hall–Kier alpha value is -2.81. The molecule has 0 radical (unpaired) electrons. The van der Waals surface area contributed by atoms with Gasteiger partial charge in [0.2, 0.25) is 0 Å². The molecule has 0 aromatic heterocycles. The SMILES string of the molecule is C[N+](C)=CO[B-](c1ccccc1)(c1ccccc1)c1ccccc1. The van der Waals surface area contributed by atoms with Gasteiger partial charge in [-0.2, -0.15) is 16.4 Å². The van der Waals surface area contributed by atoms with Crippen molar-refractivity contribution in [3.8, 4) is 0 Å². The fraction of sp³-hybridized carbons (Fsp3) is 0.0952. The molecule has 0 spiro atoms. The van der Waals surface area contributed by atoms with Crippen molar-refractivity contribution in [1.29, 1.82) is 0 Å². The van der Waals surface area contributed by atoms with E-state index in [0.717, 1.165) is 16.4 Å². The highest BCUT2D eigenvalue weighted by molar-refractivity contribution is 7.07. The van der Waals surface area contributed by atoms with Crippen molar-refractivity contribution in [2.75, 3.05) is 14.1 Å². The summed E-state index contributed by atoms with van der Waals surface area (Å²) < 4.78 is 8.45. The van der Waals surface area contributed by atoms with E-state index < -0.39 is 6.35 Å². The lowest BCUT2D eigenvalue weighted by molar-refractivity contribution is -0.466. The van der Waals surface area contributed by atoms with E-state index in [1.807, 2.05) is 36.9 Å². The van der Waals surface area contributed by atoms with Crippen LogP contribution in [0.4, 0.5) is 0 Å². The van der Waals surface area contributed by atoms with Crippen LogP contribution in [0.5, 0.6) is 0 Å². The second kappa shape index (κ2) is 7.18. The maximum absolute atomic E-state index is 6.51. The first-order valence-corrected chi connectivity index (χ1v) is 8.22. The van der Waals surface area contributed by atoms with E-state index in [2.05, 4.69) is 72.8 Å². The molecule has 2 nitrogen and oxygen atoms in total. The van der Waals surface area contributed by atoms with E-state index in [0.29, 0.717) is 0 Å². The Bertz CT molecular complexity index is 700. The molecule has 0 N–H and O–H groups in total. The van der Waals surface area contributed by atoms with E-state index in [1.54, 1.807) is 6.40 Å². The standard InChI is InChI=1S/C21H22BNO/c1-23(2)18-24-22(19-12-6-3-7-13-19,20-14-8-4-9-15-20)21-16-10-5-11-17-21/h3-18H,1-2H3. The van der Waals surface area contributed by atoms with E-state index in [9.17, 15) is 0 Å². The summed E-state index contributed by atoms with van der Waals surface area (Å²) in [6.07, 6.45) is 0.258. The summed E-state index contributed by atoms with van der Waals surface area (Å²) in [7, 11) is 3.95. The predicted octanol–water partition coefficient (Wildman–Crippen LogP) is 1.97. The summed E-state index contributed by atoms with van der Waals surface area (Å²) in [4.78, 5) is 0. The first-order valence-electron chi connectivity index (χ1n) is 8.22. The number of nitrogens with zero attached hydrogens (tertiary/aromatic N) is 1. The lowest BCUT2D eigenvalue weighted by Gasteiger charge is -2.41. The zero-order valence-electron chi connectivity index (χ0n) is 14.2. The molecule has 0 bridgehead atoms. The average Bonchev–Trinajstić information content (AvgIpc) is 2.65. The molecule has 0 saturated carbocycles. The first kappa shape index (κ1) is 16.1. The summed E-state index contributed by atoms with van der Waals surface area (Å²) in [6.45, 7) is 0. The van der Waals surface area contributed by atoms with Gasteiger partial charge in [-0.3, -0.25) is 0 Å². The smallest absolute Gasteiger partial charge is 0.275 e. The van der Waals surface area contributed by atoms with Crippen molar-refractivity contribution in [3.63, 3.8) is 0 Å².